The van der Waals surface area contributed by atoms with Crippen molar-refractivity contribution in [1.82, 2.24) is 29.3 Å². The van der Waals surface area contributed by atoms with E-state index in [0.717, 1.165) is 0 Å². The fourth-order valence-electron chi connectivity index (χ4n) is 2.98. The van der Waals surface area contributed by atoms with Gasteiger partial charge in [-0.1, -0.05) is 12.1 Å². The Morgan fingerprint density at radius 1 is 1.19 bits per heavy atom. The molecule has 0 amide bonds. The van der Waals surface area contributed by atoms with Crippen LogP contribution in [0.2, 0.25) is 0 Å². The molecule has 4 aromatic heterocycles. The minimum absolute atomic E-state index is 0.238. The van der Waals surface area contributed by atoms with E-state index in [4.69, 9.17) is 0 Å². The van der Waals surface area contributed by atoms with Crippen LogP contribution in [0.4, 0.5) is 17.5 Å². The maximum absolute atomic E-state index is 13.0. The van der Waals surface area contributed by atoms with Gasteiger partial charge >= 0.3 is 0 Å². The molecule has 0 aliphatic rings. The molecule has 0 atom stereocenters. The highest BCUT2D eigenvalue weighted by Crippen LogP contribution is 2.20. The largest absolute Gasteiger partial charge is 0.323 e. The molecule has 0 radical (unpaired) electrons. The van der Waals surface area contributed by atoms with Crippen LogP contribution in [-0.4, -0.2) is 46.0 Å². The Hall–Kier alpha value is -3.86. The summed E-state index contributed by atoms with van der Waals surface area (Å²) in [5.41, 5.74) is 0.800. The molecule has 31 heavy (non-hydrogen) atoms. The molecular weight excluding hydrogens is 416 g/mol. The van der Waals surface area contributed by atoms with Gasteiger partial charge in [-0.3, -0.25) is 9.78 Å². The van der Waals surface area contributed by atoms with Gasteiger partial charge in [0.05, 0.1) is 18.4 Å². The molecule has 0 saturated carbocycles. The van der Waals surface area contributed by atoms with Crippen LogP contribution in [0, 0.1) is 0 Å². The van der Waals surface area contributed by atoms with Crippen molar-refractivity contribution in [2.75, 3.05) is 17.8 Å². The SMILES string of the molecule is C=CCn1c(=O)c2cnc(Nc3cccnc3)nc2n1-c1cccc(N=S(C)(C)=O)n1. The summed E-state index contributed by atoms with van der Waals surface area (Å²) in [6.07, 6.45) is 9.45. The van der Waals surface area contributed by atoms with Gasteiger partial charge in [0.25, 0.3) is 5.56 Å². The molecule has 158 valence electrons. The molecule has 4 heterocycles. The molecule has 0 fully saturated rings. The third-order valence-corrected chi connectivity index (χ3v) is 4.77. The fraction of sp³-hybridized carbons (Fsp3) is 0.150. The number of anilines is 2. The van der Waals surface area contributed by atoms with Crippen LogP contribution in [0.3, 0.4) is 0 Å². The Morgan fingerprint density at radius 2 is 2.03 bits per heavy atom. The lowest BCUT2D eigenvalue weighted by atomic mass is 10.4. The Morgan fingerprint density at radius 3 is 2.74 bits per heavy atom. The summed E-state index contributed by atoms with van der Waals surface area (Å²) in [4.78, 5) is 30.3. The van der Waals surface area contributed by atoms with E-state index >= 15 is 0 Å². The lowest BCUT2D eigenvalue weighted by molar-refractivity contribution is 0.597. The van der Waals surface area contributed by atoms with Gasteiger partial charge in [0, 0.05) is 34.6 Å². The predicted molar refractivity (Wildman–Crippen MR) is 121 cm³/mol. The van der Waals surface area contributed by atoms with Crippen molar-refractivity contribution in [3.05, 3.63) is 71.9 Å². The molecule has 10 nitrogen and oxygen atoms in total. The van der Waals surface area contributed by atoms with Crippen LogP contribution in [0.1, 0.15) is 0 Å². The Kier molecular flexibility index (Phi) is 5.34. The summed E-state index contributed by atoms with van der Waals surface area (Å²) in [5.74, 6) is 1.01. The van der Waals surface area contributed by atoms with Crippen molar-refractivity contribution in [3.8, 4) is 5.82 Å². The van der Waals surface area contributed by atoms with E-state index in [2.05, 4.69) is 36.2 Å². The number of hydrogen-bond donors (Lipinski definition) is 1. The van der Waals surface area contributed by atoms with E-state index in [1.165, 1.54) is 23.4 Å². The van der Waals surface area contributed by atoms with Crippen molar-refractivity contribution in [1.29, 1.82) is 0 Å². The summed E-state index contributed by atoms with van der Waals surface area (Å²) in [6.45, 7) is 3.97. The number of nitrogens with zero attached hydrogens (tertiary/aromatic N) is 7. The van der Waals surface area contributed by atoms with Gasteiger partial charge in [-0.15, -0.1) is 6.58 Å². The number of allylic oxidation sites excluding steroid dienone is 1. The number of fused-ring (bicyclic) bond motifs is 1. The van der Waals surface area contributed by atoms with Crippen molar-refractivity contribution >= 4 is 38.2 Å². The van der Waals surface area contributed by atoms with Gasteiger partial charge in [-0.2, -0.15) is 9.35 Å². The smallest absolute Gasteiger partial charge is 0.278 e. The van der Waals surface area contributed by atoms with E-state index < -0.39 is 9.73 Å². The van der Waals surface area contributed by atoms with Crippen molar-refractivity contribution in [2.45, 2.75) is 6.54 Å². The molecule has 1 N–H and O–H groups in total. The van der Waals surface area contributed by atoms with Crippen LogP contribution >= 0.6 is 0 Å². The first-order chi connectivity index (χ1) is 14.9. The topological polar surface area (TPSA) is 120 Å². The summed E-state index contributed by atoms with van der Waals surface area (Å²) < 4.78 is 19.3. The summed E-state index contributed by atoms with van der Waals surface area (Å²) in [7, 11) is -2.40. The lowest BCUT2D eigenvalue weighted by Crippen LogP contribution is -2.22. The van der Waals surface area contributed by atoms with Gasteiger partial charge in [-0.25, -0.2) is 23.5 Å². The molecule has 0 spiro atoms. The van der Waals surface area contributed by atoms with Crippen LogP contribution in [-0.2, 0) is 16.3 Å². The third-order valence-electron chi connectivity index (χ3n) is 4.15. The Labute approximate surface area is 178 Å². The number of rotatable bonds is 6. The summed E-state index contributed by atoms with van der Waals surface area (Å²) >= 11 is 0. The molecule has 0 bridgehead atoms. The average molecular weight is 437 g/mol. The van der Waals surface area contributed by atoms with Gasteiger partial charge < -0.3 is 5.32 Å². The second-order valence-corrected chi connectivity index (χ2v) is 9.46. The highest BCUT2D eigenvalue weighted by Gasteiger charge is 2.18. The van der Waals surface area contributed by atoms with Crippen LogP contribution in [0.5, 0.6) is 0 Å². The first kappa shape index (κ1) is 20.4. The molecule has 11 heteroatoms. The van der Waals surface area contributed by atoms with Gasteiger partial charge in [-0.05, 0) is 24.3 Å². The maximum atomic E-state index is 13.0. The van der Waals surface area contributed by atoms with Crippen molar-refractivity contribution in [3.63, 3.8) is 0 Å². The predicted octanol–water partition coefficient (Wildman–Crippen LogP) is 2.66. The Balaban J connectivity index is 1.92. The highest BCUT2D eigenvalue weighted by molar-refractivity contribution is 7.92. The first-order valence-electron chi connectivity index (χ1n) is 9.27. The van der Waals surface area contributed by atoms with E-state index in [0.29, 0.717) is 34.3 Å². The van der Waals surface area contributed by atoms with Crippen LogP contribution in [0.15, 0.2) is 70.7 Å². The summed E-state index contributed by atoms with van der Waals surface area (Å²) in [6, 6.07) is 8.73. The number of hydrogen-bond acceptors (Lipinski definition) is 8. The number of pyridine rings is 2. The molecular formula is C20H20N8O2S. The zero-order valence-electron chi connectivity index (χ0n) is 17.0. The fourth-order valence-corrected chi connectivity index (χ4v) is 3.53. The molecule has 0 saturated heterocycles. The zero-order valence-corrected chi connectivity index (χ0v) is 17.8. The highest BCUT2D eigenvalue weighted by atomic mass is 32.2. The molecule has 0 aliphatic heterocycles. The van der Waals surface area contributed by atoms with Crippen LogP contribution < -0.4 is 10.9 Å². The lowest BCUT2D eigenvalue weighted by Gasteiger charge is -2.11. The number of nitrogens with one attached hydrogen (secondary N) is 1. The molecule has 0 aromatic carbocycles. The monoisotopic (exact) mass is 436 g/mol. The normalized spacial score (nSPS) is 11.4. The van der Waals surface area contributed by atoms with Gasteiger partial charge in [0.15, 0.2) is 17.3 Å². The second kappa shape index (κ2) is 8.11. The molecule has 4 aromatic rings. The van der Waals surface area contributed by atoms with Crippen LogP contribution in [0.25, 0.3) is 16.9 Å². The van der Waals surface area contributed by atoms with Crippen molar-refractivity contribution in [2.24, 2.45) is 4.36 Å². The van der Waals surface area contributed by atoms with Gasteiger partial charge in [0.2, 0.25) is 5.95 Å². The molecule has 4 rings (SSSR count). The minimum atomic E-state index is -2.40. The number of aromatic nitrogens is 6. The summed E-state index contributed by atoms with van der Waals surface area (Å²) in [5, 5.41) is 3.40. The van der Waals surface area contributed by atoms with Gasteiger partial charge in [0.1, 0.15) is 5.39 Å². The van der Waals surface area contributed by atoms with E-state index in [9.17, 15) is 9.00 Å². The minimum Gasteiger partial charge on any atom is -0.323 e. The third kappa shape index (κ3) is 4.36. The molecule has 0 unspecified atom stereocenters. The zero-order chi connectivity index (χ0) is 22.0. The van der Waals surface area contributed by atoms with E-state index in [-0.39, 0.29) is 12.1 Å². The van der Waals surface area contributed by atoms with Crippen molar-refractivity contribution < 1.29 is 4.21 Å². The van der Waals surface area contributed by atoms with E-state index in [1.54, 1.807) is 47.4 Å². The standard InChI is InChI=1S/C20H20N8O2S/c1-4-11-27-19(29)15-13-22-20(23-14-7-6-10-21-12-14)25-18(15)28(27)17-9-5-8-16(24-17)26-31(2,3)30/h4-10,12-13H,1,11H2,2-3H3,(H,22,23,25). The average Bonchev–Trinajstić information content (AvgIpc) is 2.99. The first-order valence-corrected chi connectivity index (χ1v) is 11.6. The quantitative estimate of drug-likeness (QED) is 0.461. The second-order valence-electron chi connectivity index (χ2n) is 6.91. The van der Waals surface area contributed by atoms with E-state index in [1.807, 2.05) is 6.07 Å². The molecule has 0 aliphatic carbocycles. The Bertz CT molecular complexity index is 1440. The maximum Gasteiger partial charge on any atom is 0.278 e.